The number of rotatable bonds is 3. The third kappa shape index (κ3) is 3.24. The molecule has 2 heterocycles. The van der Waals surface area contributed by atoms with E-state index in [4.69, 9.17) is 15.0 Å². The van der Waals surface area contributed by atoms with Gasteiger partial charge in [-0.2, -0.15) is 0 Å². The Morgan fingerprint density at radius 3 is 2.78 bits per heavy atom. The molecule has 1 aliphatic carbocycles. The van der Waals surface area contributed by atoms with Gasteiger partial charge in [0.05, 0.1) is 18.8 Å². The van der Waals surface area contributed by atoms with E-state index >= 15 is 0 Å². The Balaban J connectivity index is 1.70. The predicted octanol–water partition coefficient (Wildman–Crippen LogP) is 1.44. The summed E-state index contributed by atoms with van der Waals surface area (Å²) in [6.45, 7) is 2.40. The SMILES string of the molecule is C[C@]1(C(N)=O)CN(C(=O)c2cc(C3CCCCC3)no2)CCO1. The van der Waals surface area contributed by atoms with Gasteiger partial charge in [0.15, 0.2) is 5.60 Å². The van der Waals surface area contributed by atoms with E-state index in [0.29, 0.717) is 12.5 Å². The minimum absolute atomic E-state index is 0.126. The Bertz CT molecular complexity index is 594. The van der Waals surface area contributed by atoms with E-state index in [1.807, 2.05) is 0 Å². The van der Waals surface area contributed by atoms with E-state index in [-0.39, 0.29) is 24.8 Å². The number of nitrogens with two attached hydrogens (primary N) is 1. The van der Waals surface area contributed by atoms with Crippen molar-refractivity contribution in [2.75, 3.05) is 19.7 Å². The van der Waals surface area contributed by atoms with Crippen molar-refractivity contribution in [2.24, 2.45) is 5.73 Å². The van der Waals surface area contributed by atoms with Crippen molar-refractivity contribution in [3.8, 4) is 0 Å². The second-order valence-corrected chi connectivity index (χ2v) is 6.62. The quantitative estimate of drug-likeness (QED) is 0.908. The third-order valence-corrected chi connectivity index (χ3v) is 4.85. The van der Waals surface area contributed by atoms with Gasteiger partial charge in [0, 0.05) is 18.5 Å². The molecule has 126 valence electrons. The molecule has 2 aliphatic rings. The highest BCUT2D eigenvalue weighted by Crippen LogP contribution is 2.32. The first-order valence-electron chi connectivity index (χ1n) is 8.19. The summed E-state index contributed by atoms with van der Waals surface area (Å²) in [5.74, 6) is -0.236. The van der Waals surface area contributed by atoms with Crippen LogP contribution >= 0.6 is 0 Å². The first-order valence-corrected chi connectivity index (χ1v) is 8.19. The maximum Gasteiger partial charge on any atom is 0.292 e. The van der Waals surface area contributed by atoms with Crippen molar-refractivity contribution in [1.29, 1.82) is 0 Å². The number of carbonyl (C=O) groups is 2. The predicted molar refractivity (Wildman–Crippen MR) is 81.8 cm³/mol. The fourth-order valence-electron chi connectivity index (χ4n) is 3.33. The first kappa shape index (κ1) is 16.0. The highest BCUT2D eigenvalue weighted by molar-refractivity contribution is 5.92. The molecule has 1 aromatic heterocycles. The number of primary amides is 1. The van der Waals surface area contributed by atoms with E-state index in [9.17, 15) is 9.59 Å². The first-order chi connectivity index (χ1) is 11.0. The van der Waals surface area contributed by atoms with E-state index in [1.54, 1.807) is 17.9 Å². The minimum Gasteiger partial charge on any atom is -0.367 e. The molecular weight excluding hydrogens is 298 g/mol. The number of hydrogen-bond donors (Lipinski definition) is 1. The molecule has 1 saturated carbocycles. The molecule has 0 spiro atoms. The smallest absolute Gasteiger partial charge is 0.292 e. The Labute approximate surface area is 135 Å². The van der Waals surface area contributed by atoms with Crippen LogP contribution in [-0.2, 0) is 9.53 Å². The largest absolute Gasteiger partial charge is 0.367 e. The fraction of sp³-hybridized carbons (Fsp3) is 0.688. The van der Waals surface area contributed by atoms with Gasteiger partial charge in [0.2, 0.25) is 5.76 Å². The van der Waals surface area contributed by atoms with Gasteiger partial charge in [-0.05, 0) is 19.8 Å². The van der Waals surface area contributed by atoms with E-state index in [2.05, 4.69) is 5.16 Å². The normalized spacial score (nSPS) is 26.2. The summed E-state index contributed by atoms with van der Waals surface area (Å²) >= 11 is 0. The second-order valence-electron chi connectivity index (χ2n) is 6.62. The molecule has 1 saturated heterocycles. The van der Waals surface area contributed by atoms with Crippen molar-refractivity contribution >= 4 is 11.8 Å². The van der Waals surface area contributed by atoms with Crippen molar-refractivity contribution in [3.05, 3.63) is 17.5 Å². The van der Waals surface area contributed by atoms with Gasteiger partial charge in [0.1, 0.15) is 0 Å². The molecule has 0 aromatic carbocycles. The van der Waals surface area contributed by atoms with Crippen LogP contribution in [0.25, 0.3) is 0 Å². The Morgan fingerprint density at radius 1 is 1.35 bits per heavy atom. The van der Waals surface area contributed by atoms with Crippen LogP contribution < -0.4 is 5.73 Å². The van der Waals surface area contributed by atoms with Gasteiger partial charge >= 0.3 is 0 Å². The van der Waals surface area contributed by atoms with Crippen LogP contribution in [0.3, 0.4) is 0 Å². The molecule has 2 N–H and O–H groups in total. The molecule has 1 atom stereocenters. The Kier molecular flexibility index (Phi) is 4.39. The van der Waals surface area contributed by atoms with Crippen molar-refractivity contribution in [1.82, 2.24) is 10.1 Å². The Hall–Kier alpha value is -1.89. The average molecular weight is 321 g/mol. The van der Waals surface area contributed by atoms with Crippen LogP contribution in [0, 0.1) is 0 Å². The van der Waals surface area contributed by atoms with E-state index < -0.39 is 11.5 Å². The number of hydrogen-bond acceptors (Lipinski definition) is 5. The van der Waals surface area contributed by atoms with Crippen LogP contribution in [0.2, 0.25) is 0 Å². The van der Waals surface area contributed by atoms with Crippen molar-refractivity contribution < 1.29 is 18.8 Å². The molecular formula is C16H23N3O4. The molecule has 0 radical (unpaired) electrons. The molecule has 7 nitrogen and oxygen atoms in total. The lowest BCUT2D eigenvalue weighted by atomic mass is 9.87. The van der Waals surface area contributed by atoms with Gasteiger partial charge in [-0.15, -0.1) is 0 Å². The summed E-state index contributed by atoms with van der Waals surface area (Å²) < 4.78 is 10.7. The third-order valence-electron chi connectivity index (χ3n) is 4.85. The van der Waals surface area contributed by atoms with Crippen LogP contribution in [0.1, 0.15) is 61.2 Å². The number of carbonyl (C=O) groups excluding carboxylic acids is 2. The van der Waals surface area contributed by atoms with Crippen LogP contribution in [-0.4, -0.2) is 47.2 Å². The van der Waals surface area contributed by atoms with E-state index in [0.717, 1.165) is 18.5 Å². The van der Waals surface area contributed by atoms with Crippen molar-refractivity contribution in [2.45, 2.75) is 50.5 Å². The van der Waals surface area contributed by atoms with Gasteiger partial charge in [-0.1, -0.05) is 24.4 Å². The summed E-state index contributed by atoms with van der Waals surface area (Å²) in [5.41, 5.74) is 5.07. The lowest BCUT2D eigenvalue weighted by Crippen LogP contribution is -2.58. The van der Waals surface area contributed by atoms with Gasteiger partial charge in [-0.25, -0.2) is 0 Å². The van der Waals surface area contributed by atoms with Crippen molar-refractivity contribution in [3.63, 3.8) is 0 Å². The molecule has 0 unspecified atom stereocenters. The molecule has 3 rings (SSSR count). The number of ether oxygens (including phenoxy) is 1. The highest BCUT2D eigenvalue weighted by Gasteiger charge is 2.40. The maximum absolute atomic E-state index is 12.6. The van der Waals surface area contributed by atoms with E-state index in [1.165, 1.54) is 19.3 Å². The summed E-state index contributed by atoms with van der Waals surface area (Å²) in [4.78, 5) is 25.6. The maximum atomic E-state index is 12.6. The summed E-state index contributed by atoms with van der Waals surface area (Å²) in [6, 6.07) is 1.75. The lowest BCUT2D eigenvalue weighted by molar-refractivity contribution is -0.150. The number of morpholine rings is 1. The zero-order valence-electron chi connectivity index (χ0n) is 13.4. The van der Waals surface area contributed by atoms with Gasteiger partial charge < -0.3 is 19.9 Å². The van der Waals surface area contributed by atoms with Gasteiger partial charge in [-0.3, -0.25) is 9.59 Å². The number of nitrogens with zero attached hydrogens (tertiary/aromatic N) is 2. The van der Waals surface area contributed by atoms with Crippen LogP contribution in [0.15, 0.2) is 10.6 Å². The summed E-state index contributed by atoms with van der Waals surface area (Å²) in [6.07, 6.45) is 5.84. The average Bonchev–Trinajstić information content (AvgIpc) is 3.05. The monoisotopic (exact) mass is 321 g/mol. The minimum atomic E-state index is -1.15. The van der Waals surface area contributed by atoms with Crippen LogP contribution in [0.5, 0.6) is 0 Å². The number of aromatic nitrogens is 1. The molecule has 0 bridgehead atoms. The van der Waals surface area contributed by atoms with Gasteiger partial charge in [0.25, 0.3) is 11.8 Å². The fourth-order valence-corrected chi connectivity index (χ4v) is 3.33. The Morgan fingerprint density at radius 2 is 2.09 bits per heavy atom. The summed E-state index contributed by atoms with van der Waals surface area (Å²) in [7, 11) is 0. The highest BCUT2D eigenvalue weighted by atomic mass is 16.5. The molecule has 1 aliphatic heterocycles. The zero-order chi connectivity index (χ0) is 16.4. The molecule has 1 aromatic rings. The number of amides is 2. The standard InChI is InChI=1S/C16H23N3O4/c1-16(15(17)21)10-19(7-8-22-16)14(20)13-9-12(18-23-13)11-5-3-2-4-6-11/h9,11H,2-8,10H2,1H3,(H2,17,21)/t16-/m1/s1. The lowest BCUT2D eigenvalue weighted by Gasteiger charge is -2.37. The molecule has 23 heavy (non-hydrogen) atoms. The topological polar surface area (TPSA) is 98.7 Å². The summed E-state index contributed by atoms with van der Waals surface area (Å²) in [5, 5.41) is 4.08. The second kappa shape index (κ2) is 6.31. The molecule has 7 heteroatoms. The molecule has 2 fully saturated rings. The zero-order valence-corrected chi connectivity index (χ0v) is 13.4. The molecule has 2 amide bonds. The van der Waals surface area contributed by atoms with Crippen LogP contribution in [0.4, 0.5) is 0 Å².